The molecule has 0 aromatic heterocycles. The van der Waals surface area contributed by atoms with E-state index in [1.165, 1.54) is 0 Å². The molecule has 0 unspecified atom stereocenters. The Labute approximate surface area is 74.9 Å². The number of nitrogens with two attached hydrogens (primary N) is 1. The summed E-state index contributed by atoms with van der Waals surface area (Å²) < 4.78 is 30.4. The number of aliphatic carboxylic acids is 1. The average Bonchev–Trinajstić information content (AvgIpc) is 2.00. The summed E-state index contributed by atoms with van der Waals surface area (Å²) in [5, 5.41) is 15.5. The molecule has 0 radical (unpaired) electrons. The molecule has 0 fully saturated rings. The summed E-state index contributed by atoms with van der Waals surface area (Å²) in [5.74, 6) is -1.47. The number of carboxylic acid groups (broad SMARTS) is 1. The van der Waals surface area contributed by atoms with Crippen molar-refractivity contribution >= 4 is 16.4 Å². The zero-order valence-electron chi connectivity index (χ0n) is 6.58. The first-order valence-corrected chi connectivity index (χ1v) is 4.34. The fraction of sp³-hybridized carbons (Fsp3) is 0.750. The third-order valence-corrected chi connectivity index (χ3v) is 0.876. The fourth-order valence-electron chi connectivity index (χ4n) is 0.125. The molecule has 0 saturated carbocycles. The molecule has 0 amide bonds. The molecule has 8 nitrogen and oxygen atoms in total. The van der Waals surface area contributed by atoms with Crippen LogP contribution >= 0.6 is 0 Å². The van der Waals surface area contributed by atoms with Gasteiger partial charge in [-0.2, -0.15) is 8.42 Å². The molecule has 0 heterocycles. The van der Waals surface area contributed by atoms with Crippen LogP contribution in [0.4, 0.5) is 0 Å². The first-order valence-electron chi connectivity index (χ1n) is 2.98. The number of carbonyl (C=O) groups is 1. The molecule has 0 saturated heterocycles. The molecule has 13 heavy (non-hydrogen) atoms. The minimum absolute atomic E-state index is 0.0972. The van der Waals surface area contributed by atoms with E-state index in [9.17, 15) is 13.2 Å². The molecule has 0 aromatic rings. The van der Waals surface area contributed by atoms with Crippen molar-refractivity contribution in [1.82, 2.24) is 0 Å². The van der Waals surface area contributed by atoms with Crippen LogP contribution in [0.2, 0.25) is 0 Å². The number of carboxylic acids is 1. The van der Waals surface area contributed by atoms with Crippen molar-refractivity contribution in [3.63, 3.8) is 0 Å². The fourth-order valence-corrected chi connectivity index (χ4v) is 0.375. The highest BCUT2D eigenvalue weighted by molar-refractivity contribution is 7.80. The van der Waals surface area contributed by atoms with Gasteiger partial charge in [0.2, 0.25) is 0 Å². The topological polar surface area (TPSA) is 147 Å². The van der Waals surface area contributed by atoms with E-state index in [0.717, 1.165) is 0 Å². The van der Waals surface area contributed by atoms with Gasteiger partial charge in [-0.15, -0.1) is 0 Å². The molecule has 5 N–H and O–H groups in total. The molecule has 0 rings (SSSR count). The van der Waals surface area contributed by atoms with E-state index < -0.39 is 23.0 Å². The van der Waals surface area contributed by atoms with Crippen molar-refractivity contribution < 1.29 is 32.2 Å². The van der Waals surface area contributed by atoms with Crippen LogP contribution in [0.5, 0.6) is 0 Å². The second kappa shape index (κ2) is 7.89. The average molecular weight is 217 g/mol. The summed E-state index contributed by atoms with van der Waals surface area (Å²) in [4.78, 5) is 9.55. The Hall–Kier alpha value is -0.740. The van der Waals surface area contributed by atoms with Crippen molar-refractivity contribution in [2.45, 2.75) is 0 Å². The van der Waals surface area contributed by atoms with Gasteiger partial charge in [0, 0.05) is 6.54 Å². The van der Waals surface area contributed by atoms with Crippen LogP contribution < -0.4 is 5.73 Å². The van der Waals surface area contributed by atoms with Crippen molar-refractivity contribution in [1.29, 1.82) is 0 Å². The number of aliphatic hydroxyl groups excluding tert-OH is 1. The molecular formula is C4H11NO7S. The zero-order chi connectivity index (χ0) is 10.9. The van der Waals surface area contributed by atoms with Gasteiger partial charge in [0.25, 0.3) is 0 Å². The van der Waals surface area contributed by atoms with E-state index in [1.54, 1.807) is 0 Å². The highest BCUT2D eigenvalue weighted by Gasteiger charge is 2.06. The van der Waals surface area contributed by atoms with E-state index in [4.69, 9.17) is 20.5 Å². The molecule has 0 aliphatic heterocycles. The van der Waals surface area contributed by atoms with Gasteiger partial charge < -0.3 is 15.9 Å². The molecule has 0 aromatic carbocycles. The maximum absolute atomic E-state index is 9.61. The van der Waals surface area contributed by atoms with Gasteiger partial charge in [-0.05, 0) is 0 Å². The summed E-state index contributed by atoms with van der Waals surface area (Å²) in [6.07, 6.45) is 0. The molecule has 9 heteroatoms. The number of aliphatic hydroxyl groups is 1. The van der Waals surface area contributed by atoms with Crippen molar-refractivity contribution in [3.8, 4) is 0 Å². The van der Waals surface area contributed by atoms with E-state index in [1.807, 2.05) is 0 Å². The summed E-state index contributed by atoms with van der Waals surface area (Å²) in [5.41, 5.74) is 4.78. The smallest absolute Gasteiger partial charge is 0.397 e. The zero-order valence-corrected chi connectivity index (χ0v) is 7.40. The normalized spacial score (nSPS) is 10.1. The summed E-state index contributed by atoms with van der Waals surface area (Å²) in [6, 6.07) is 0. The minimum atomic E-state index is -4.60. The van der Waals surface area contributed by atoms with Gasteiger partial charge >= 0.3 is 16.4 Å². The first kappa shape index (κ1) is 14.8. The Morgan fingerprint density at radius 1 is 1.46 bits per heavy atom. The van der Waals surface area contributed by atoms with Gasteiger partial charge in [-0.1, -0.05) is 0 Å². The van der Waals surface area contributed by atoms with Crippen molar-refractivity contribution in [3.05, 3.63) is 0 Å². The Balaban J connectivity index is 0. The van der Waals surface area contributed by atoms with Crippen LogP contribution in [0, 0.1) is 0 Å². The first-order chi connectivity index (χ1) is 5.83. The monoisotopic (exact) mass is 217 g/mol. The highest BCUT2D eigenvalue weighted by atomic mass is 32.3. The lowest BCUT2D eigenvalue weighted by atomic mass is 10.8. The summed E-state index contributed by atoms with van der Waals surface area (Å²) in [6.45, 7) is -0.584. The SMILES string of the molecule is NCCO.O=C(O)COS(=O)(=O)O. The van der Waals surface area contributed by atoms with Crippen LogP contribution in [-0.2, 0) is 19.4 Å². The predicted octanol–water partition coefficient (Wildman–Crippen LogP) is -2.17. The Morgan fingerprint density at radius 2 is 1.85 bits per heavy atom. The van der Waals surface area contributed by atoms with E-state index in [2.05, 4.69) is 4.18 Å². The Kier molecular flexibility index (Phi) is 8.96. The molecule has 0 aliphatic rings. The summed E-state index contributed by atoms with van der Waals surface area (Å²) >= 11 is 0. The lowest BCUT2D eigenvalue weighted by Gasteiger charge is -1.91. The van der Waals surface area contributed by atoms with Crippen LogP contribution in [0.15, 0.2) is 0 Å². The predicted molar refractivity (Wildman–Crippen MR) is 41.3 cm³/mol. The lowest BCUT2D eigenvalue weighted by Crippen LogP contribution is -2.12. The van der Waals surface area contributed by atoms with E-state index in [-0.39, 0.29) is 6.61 Å². The number of hydrogen-bond acceptors (Lipinski definition) is 6. The van der Waals surface area contributed by atoms with Crippen LogP contribution in [-0.4, -0.2) is 48.9 Å². The van der Waals surface area contributed by atoms with Gasteiger partial charge in [0.05, 0.1) is 6.61 Å². The molecule has 0 bridgehead atoms. The van der Waals surface area contributed by atoms with E-state index >= 15 is 0 Å². The highest BCUT2D eigenvalue weighted by Crippen LogP contribution is 1.83. The maximum atomic E-state index is 9.61. The number of rotatable bonds is 4. The third kappa shape index (κ3) is 24.6. The van der Waals surface area contributed by atoms with Gasteiger partial charge in [-0.25, -0.2) is 8.98 Å². The second-order valence-electron chi connectivity index (χ2n) is 1.60. The quantitative estimate of drug-likeness (QED) is 0.389. The maximum Gasteiger partial charge on any atom is 0.397 e. The van der Waals surface area contributed by atoms with Crippen LogP contribution in [0.3, 0.4) is 0 Å². The Morgan fingerprint density at radius 3 is 1.92 bits per heavy atom. The largest absolute Gasteiger partial charge is 0.479 e. The molecule has 80 valence electrons. The standard InChI is InChI=1S/C2H7NO.C2H4O6S/c3-1-2-4;3-2(4)1-8-9(5,6)7/h4H,1-3H2;1H2,(H,3,4)(H,5,6,7). The lowest BCUT2D eigenvalue weighted by molar-refractivity contribution is -0.139. The third-order valence-electron chi connectivity index (χ3n) is 0.460. The van der Waals surface area contributed by atoms with E-state index in [0.29, 0.717) is 6.54 Å². The number of hydrogen-bond donors (Lipinski definition) is 4. The van der Waals surface area contributed by atoms with Gasteiger partial charge in [0.15, 0.2) is 6.61 Å². The Bertz CT molecular complexity index is 221. The molecular weight excluding hydrogens is 206 g/mol. The molecule has 0 atom stereocenters. The second-order valence-corrected chi connectivity index (χ2v) is 2.69. The van der Waals surface area contributed by atoms with Crippen LogP contribution in [0.25, 0.3) is 0 Å². The van der Waals surface area contributed by atoms with Crippen molar-refractivity contribution in [2.24, 2.45) is 5.73 Å². The molecule has 0 aliphatic carbocycles. The summed E-state index contributed by atoms with van der Waals surface area (Å²) in [7, 11) is -4.60. The van der Waals surface area contributed by atoms with Crippen molar-refractivity contribution in [2.75, 3.05) is 19.8 Å². The molecule has 0 spiro atoms. The van der Waals surface area contributed by atoms with Gasteiger partial charge in [-0.3, -0.25) is 4.55 Å². The van der Waals surface area contributed by atoms with Gasteiger partial charge in [0.1, 0.15) is 0 Å². The minimum Gasteiger partial charge on any atom is -0.479 e. The van der Waals surface area contributed by atoms with Crippen LogP contribution in [0.1, 0.15) is 0 Å².